The van der Waals surface area contributed by atoms with Gasteiger partial charge in [0.25, 0.3) is 0 Å². The zero-order valence-electron chi connectivity index (χ0n) is 17.3. The molecule has 1 atom stereocenters. The van der Waals surface area contributed by atoms with Gasteiger partial charge in [0, 0.05) is 57.3 Å². The monoisotopic (exact) mass is 493 g/mol. The summed E-state index contributed by atoms with van der Waals surface area (Å²) >= 11 is 12.5. The van der Waals surface area contributed by atoms with Crippen LogP contribution in [0, 0.1) is 5.82 Å². The van der Waals surface area contributed by atoms with Crippen molar-refractivity contribution >= 4 is 49.7 Å². The summed E-state index contributed by atoms with van der Waals surface area (Å²) in [5.74, 6) is -0.334. The van der Waals surface area contributed by atoms with Crippen molar-refractivity contribution in [2.75, 3.05) is 12.5 Å². The van der Waals surface area contributed by atoms with Crippen LogP contribution in [0.1, 0.15) is 18.6 Å². The van der Waals surface area contributed by atoms with E-state index in [9.17, 15) is 8.60 Å². The van der Waals surface area contributed by atoms with E-state index in [-0.39, 0.29) is 5.82 Å². The summed E-state index contributed by atoms with van der Waals surface area (Å²) in [5.41, 5.74) is 2.30. The molecule has 166 valence electrons. The summed E-state index contributed by atoms with van der Waals surface area (Å²) in [5, 5.41) is 8.73. The molecule has 7 nitrogen and oxygen atoms in total. The maximum Gasteiger partial charge on any atom is 0.197 e. The van der Waals surface area contributed by atoms with E-state index in [4.69, 9.17) is 27.9 Å². The summed E-state index contributed by atoms with van der Waals surface area (Å²) < 4.78 is 36.2. The van der Waals surface area contributed by atoms with Gasteiger partial charge in [-0.25, -0.2) is 13.6 Å². The molecule has 1 aromatic carbocycles. The van der Waals surface area contributed by atoms with Crippen molar-refractivity contribution in [1.82, 2.24) is 20.2 Å². The molecule has 3 aromatic heterocycles. The third-order valence-corrected chi connectivity index (χ3v) is 5.76. The zero-order valence-corrected chi connectivity index (χ0v) is 19.6. The third kappa shape index (κ3) is 4.69. The number of benzene rings is 1. The van der Waals surface area contributed by atoms with Crippen molar-refractivity contribution in [2.24, 2.45) is 4.36 Å². The van der Waals surface area contributed by atoms with Gasteiger partial charge >= 0.3 is 0 Å². The Bertz CT molecular complexity index is 1420. The van der Waals surface area contributed by atoms with Crippen molar-refractivity contribution < 1.29 is 13.3 Å². The molecule has 4 aromatic rings. The lowest BCUT2D eigenvalue weighted by atomic mass is 10.1. The van der Waals surface area contributed by atoms with Gasteiger partial charge < -0.3 is 4.74 Å². The Hall–Kier alpha value is -2.75. The average molecular weight is 494 g/mol. The largest absolute Gasteiger partial charge is 0.486 e. The van der Waals surface area contributed by atoms with Gasteiger partial charge in [-0.1, -0.05) is 23.2 Å². The van der Waals surface area contributed by atoms with Crippen LogP contribution in [-0.2, 0) is 9.73 Å². The minimum Gasteiger partial charge on any atom is -0.486 e. The fraction of sp³-hybridized carbons (Fsp3) is 0.190. The number of halogens is 3. The molecule has 1 N–H and O–H groups in total. The number of hydrogen-bond acceptors (Lipinski definition) is 6. The van der Waals surface area contributed by atoms with Gasteiger partial charge in [0.15, 0.2) is 11.6 Å². The molecule has 0 saturated carbocycles. The molecule has 3 heterocycles. The van der Waals surface area contributed by atoms with Gasteiger partial charge in [0.2, 0.25) is 0 Å². The minimum atomic E-state index is -2.54. The summed E-state index contributed by atoms with van der Waals surface area (Å²) in [7, 11) is -2.54. The van der Waals surface area contributed by atoms with Gasteiger partial charge in [0.05, 0.1) is 15.6 Å². The third-order valence-electron chi connectivity index (χ3n) is 4.55. The molecule has 11 heteroatoms. The highest BCUT2D eigenvalue weighted by molar-refractivity contribution is 7.92. The first kappa shape index (κ1) is 22.4. The van der Waals surface area contributed by atoms with E-state index >= 15 is 0 Å². The average Bonchev–Trinajstić information content (AvgIpc) is 3.12. The minimum absolute atomic E-state index is 0.201. The molecule has 0 aliphatic carbocycles. The highest BCUT2D eigenvalue weighted by Crippen LogP contribution is 2.35. The smallest absolute Gasteiger partial charge is 0.197 e. The summed E-state index contributed by atoms with van der Waals surface area (Å²) in [6.45, 7) is 1.83. The Morgan fingerprint density at radius 2 is 1.88 bits per heavy atom. The lowest BCUT2D eigenvalue weighted by molar-refractivity contribution is 0.227. The molecule has 0 aliphatic rings. The van der Waals surface area contributed by atoms with E-state index < -0.39 is 21.7 Å². The Morgan fingerprint density at radius 1 is 1.16 bits per heavy atom. The number of pyridine rings is 2. The molecular weight excluding hydrogens is 476 g/mol. The standard InChI is InChI=1S/C21H18Cl2FN5O2S/c1-11(19-15(22)9-25-10-16(19)23)31-13-4-5-18-14(7-13)20(28-27-18)12-6-17(24)21(26-8-12)29-32(2,3)30/h4-11H,1-3H3,(H,27,28)/t11-/m1/s1. The second kappa shape index (κ2) is 8.65. The molecule has 0 bridgehead atoms. The van der Waals surface area contributed by atoms with Crippen LogP contribution in [0.5, 0.6) is 5.75 Å². The summed E-state index contributed by atoms with van der Waals surface area (Å²) in [4.78, 5) is 7.97. The van der Waals surface area contributed by atoms with E-state index in [0.717, 1.165) is 5.52 Å². The zero-order chi connectivity index (χ0) is 23.0. The van der Waals surface area contributed by atoms with Crippen molar-refractivity contribution in [3.63, 3.8) is 0 Å². The Balaban J connectivity index is 1.69. The molecular formula is C21H18Cl2FN5O2S. The predicted octanol–water partition coefficient (Wildman–Crippen LogP) is 5.96. The summed E-state index contributed by atoms with van der Waals surface area (Å²) in [6.07, 6.45) is 6.84. The van der Waals surface area contributed by atoms with Gasteiger partial charge in [-0.3, -0.25) is 10.1 Å². The highest BCUT2D eigenvalue weighted by Gasteiger charge is 2.18. The van der Waals surface area contributed by atoms with E-state index in [1.54, 1.807) is 18.2 Å². The van der Waals surface area contributed by atoms with Crippen LogP contribution in [0.4, 0.5) is 10.2 Å². The highest BCUT2D eigenvalue weighted by atomic mass is 35.5. The lowest BCUT2D eigenvalue weighted by Gasteiger charge is -2.17. The van der Waals surface area contributed by atoms with Crippen molar-refractivity contribution in [3.05, 3.63) is 64.3 Å². The van der Waals surface area contributed by atoms with Gasteiger partial charge in [-0.05, 0) is 31.2 Å². The van der Waals surface area contributed by atoms with Crippen LogP contribution in [0.25, 0.3) is 22.2 Å². The van der Waals surface area contributed by atoms with E-state index in [1.807, 2.05) is 6.92 Å². The number of nitrogens with one attached hydrogen (secondary N) is 1. The van der Waals surface area contributed by atoms with Gasteiger partial charge in [0.1, 0.15) is 17.5 Å². The maximum atomic E-state index is 14.5. The van der Waals surface area contributed by atoms with E-state index in [1.165, 1.54) is 37.2 Å². The molecule has 0 spiro atoms. The van der Waals surface area contributed by atoms with E-state index in [0.29, 0.717) is 38.0 Å². The number of nitrogens with zero attached hydrogens (tertiary/aromatic N) is 4. The van der Waals surface area contributed by atoms with Crippen LogP contribution in [0.3, 0.4) is 0 Å². The normalized spacial score (nSPS) is 12.7. The SMILES string of the molecule is C[C@@H](Oc1ccc2[nH]nc(-c3cnc(N=S(C)(C)=O)c(F)c3)c2c1)c1c(Cl)cncc1Cl. The molecule has 0 radical (unpaired) electrons. The first-order valence-corrected chi connectivity index (χ1v) is 12.5. The van der Waals surface area contributed by atoms with E-state index in [2.05, 4.69) is 24.5 Å². The summed E-state index contributed by atoms with van der Waals surface area (Å²) in [6, 6.07) is 6.64. The fourth-order valence-corrected chi connectivity index (χ4v) is 4.42. The Morgan fingerprint density at radius 3 is 2.53 bits per heavy atom. The molecule has 4 rings (SSSR count). The number of fused-ring (bicyclic) bond motifs is 1. The van der Waals surface area contributed by atoms with Crippen molar-refractivity contribution in [3.8, 4) is 17.0 Å². The second-order valence-electron chi connectivity index (χ2n) is 7.36. The van der Waals surface area contributed by atoms with Gasteiger partial charge in [-0.2, -0.15) is 9.46 Å². The quantitative estimate of drug-likeness (QED) is 0.369. The van der Waals surface area contributed by atoms with Crippen molar-refractivity contribution in [2.45, 2.75) is 13.0 Å². The maximum absolute atomic E-state index is 14.5. The Kier molecular flexibility index (Phi) is 6.07. The molecule has 0 amide bonds. The number of rotatable bonds is 5. The topological polar surface area (TPSA) is 93.1 Å². The first-order valence-electron chi connectivity index (χ1n) is 9.39. The van der Waals surface area contributed by atoms with Crippen LogP contribution >= 0.6 is 23.2 Å². The lowest BCUT2D eigenvalue weighted by Crippen LogP contribution is -2.05. The van der Waals surface area contributed by atoms with Gasteiger partial charge in [-0.15, -0.1) is 0 Å². The number of ether oxygens (including phenoxy) is 1. The Labute approximate surface area is 194 Å². The molecule has 0 aliphatic heterocycles. The number of aromatic amines is 1. The first-order chi connectivity index (χ1) is 15.1. The predicted molar refractivity (Wildman–Crippen MR) is 125 cm³/mol. The van der Waals surface area contributed by atoms with Crippen LogP contribution in [0.2, 0.25) is 10.0 Å². The van der Waals surface area contributed by atoms with Crippen LogP contribution in [-0.4, -0.2) is 36.9 Å². The molecule has 32 heavy (non-hydrogen) atoms. The number of hydrogen-bond donors (Lipinski definition) is 1. The van der Waals surface area contributed by atoms with Crippen LogP contribution < -0.4 is 4.74 Å². The number of aromatic nitrogens is 4. The second-order valence-corrected chi connectivity index (χ2v) is 10.7. The molecule has 0 fully saturated rings. The van der Waals surface area contributed by atoms with Crippen LogP contribution in [0.15, 0.2) is 47.2 Å². The molecule has 0 saturated heterocycles. The molecule has 0 unspecified atom stereocenters. The fourth-order valence-electron chi connectivity index (χ4n) is 3.19. The van der Waals surface area contributed by atoms with Crippen molar-refractivity contribution in [1.29, 1.82) is 0 Å². The number of H-pyrrole nitrogens is 1.